The highest BCUT2D eigenvalue weighted by molar-refractivity contribution is 7.85. The maximum atomic E-state index is 11.9. The lowest BCUT2D eigenvalue weighted by Gasteiger charge is -2.07. The molecule has 1 aliphatic rings. The molecule has 4 heteroatoms. The van der Waals surface area contributed by atoms with E-state index in [4.69, 9.17) is 0 Å². The number of carbonyl (C=O) groups is 1. The second-order valence-electron chi connectivity index (χ2n) is 4.73. The highest BCUT2D eigenvalue weighted by Gasteiger charge is 2.20. The first kappa shape index (κ1) is 13.0. The predicted octanol–water partition coefficient (Wildman–Crippen LogP) is 3.18. The molecule has 1 unspecified atom stereocenters. The van der Waals surface area contributed by atoms with Gasteiger partial charge in [-0.15, -0.1) is 11.3 Å². The Labute approximate surface area is 109 Å². The summed E-state index contributed by atoms with van der Waals surface area (Å²) in [4.78, 5) is 13.7. The van der Waals surface area contributed by atoms with Crippen molar-refractivity contribution in [2.45, 2.75) is 32.6 Å². The zero-order valence-electron chi connectivity index (χ0n) is 10.1. The molecule has 0 saturated heterocycles. The van der Waals surface area contributed by atoms with Crippen molar-refractivity contribution in [3.63, 3.8) is 0 Å². The molecule has 94 valence electrons. The maximum absolute atomic E-state index is 11.9. The van der Waals surface area contributed by atoms with Crippen LogP contribution in [0.1, 0.15) is 40.2 Å². The van der Waals surface area contributed by atoms with Crippen LogP contribution in [0.3, 0.4) is 0 Å². The van der Waals surface area contributed by atoms with Gasteiger partial charge >= 0.3 is 0 Å². The van der Waals surface area contributed by atoms with E-state index in [0.717, 1.165) is 15.5 Å². The van der Waals surface area contributed by atoms with Crippen LogP contribution in [0.2, 0.25) is 0 Å². The molecule has 0 amide bonds. The zero-order valence-corrected chi connectivity index (χ0v) is 11.7. The van der Waals surface area contributed by atoms with Crippen LogP contribution in [0.25, 0.3) is 0 Å². The Hall–Kier alpha value is -0.480. The number of carbonyl (C=O) groups excluding carboxylic acids is 1. The quantitative estimate of drug-likeness (QED) is 0.770. The third-order valence-corrected chi connectivity index (χ3v) is 5.67. The van der Waals surface area contributed by atoms with Gasteiger partial charge in [0.05, 0.1) is 10.6 Å². The van der Waals surface area contributed by atoms with Gasteiger partial charge in [0.1, 0.15) is 0 Å². The molecule has 1 saturated carbocycles. The summed E-state index contributed by atoms with van der Waals surface area (Å²) in [6.07, 6.45) is 4.91. The van der Waals surface area contributed by atoms with Crippen LogP contribution in [0.15, 0.2) is 12.1 Å². The molecule has 0 spiro atoms. The summed E-state index contributed by atoms with van der Waals surface area (Å²) in [5, 5.41) is 0. The largest absolute Gasteiger partial charge is 0.292 e. The third-order valence-electron chi connectivity index (χ3n) is 3.20. The molecule has 0 bridgehead atoms. The number of Topliss-reactive ketones (excluding diaryl/α,β-unsaturated/α-hetero) is 1. The van der Waals surface area contributed by atoms with E-state index >= 15 is 0 Å². The van der Waals surface area contributed by atoms with Gasteiger partial charge in [0, 0.05) is 21.4 Å². The fourth-order valence-corrected chi connectivity index (χ4v) is 4.62. The standard InChI is InChI=1S/C13H18O2S2/c1-10-6-7-13(16-10)12(14)9-17(15)8-11-4-2-3-5-11/h6-7,11H,2-5,8-9H2,1H3. The minimum absolute atomic E-state index is 0.0411. The van der Waals surface area contributed by atoms with Crippen LogP contribution in [0, 0.1) is 12.8 Å². The van der Waals surface area contributed by atoms with E-state index in [1.54, 1.807) is 0 Å². The number of aryl methyl sites for hydroxylation is 1. The average molecular weight is 270 g/mol. The first-order chi connectivity index (χ1) is 8.15. The van der Waals surface area contributed by atoms with Crippen LogP contribution in [0.5, 0.6) is 0 Å². The molecule has 0 aromatic carbocycles. The molecular weight excluding hydrogens is 252 g/mol. The molecule has 1 aromatic rings. The summed E-state index contributed by atoms with van der Waals surface area (Å²) in [5.41, 5.74) is 0. The van der Waals surface area contributed by atoms with Crippen LogP contribution >= 0.6 is 11.3 Å². The third kappa shape index (κ3) is 3.75. The summed E-state index contributed by atoms with van der Waals surface area (Å²) in [6, 6.07) is 3.78. The van der Waals surface area contributed by atoms with Crippen molar-refractivity contribution in [3.05, 3.63) is 21.9 Å². The molecule has 0 N–H and O–H groups in total. The molecule has 1 heterocycles. The van der Waals surface area contributed by atoms with Crippen molar-refractivity contribution < 1.29 is 9.00 Å². The molecule has 1 aliphatic carbocycles. The normalized spacial score (nSPS) is 18.4. The van der Waals surface area contributed by atoms with E-state index in [1.807, 2.05) is 19.1 Å². The smallest absolute Gasteiger partial charge is 0.185 e. The zero-order chi connectivity index (χ0) is 12.3. The highest BCUT2D eigenvalue weighted by atomic mass is 32.2. The molecule has 1 atom stereocenters. The van der Waals surface area contributed by atoms with Crippen LogP contribution in [0.4, 0.5) is 0 Å². The second kappa shape index (κ2) is 5.91. The van der Waals surface area contributed by atoms with Gasteiger partial charge in [0.25, 0.3) is 0 Å². The molecule has 2 rings (SSSR count). The number of hydrogen-bond donors (Lipinski definition) is 0. The summed E-state index contributed by atoms with van der Waals surface area (Å²) < 4.78 is 11.9. The lowest BCUT2D eigenvalue weighted by Crippen LogP contribution is -2.16. The van der Waals surface area contributed by atoms with Gasteiger partial charge in [-0.1, -0.05) is 12.8 Å². The fourth-order valence-electron chi connectivity index (χ4n) is 2.30. The Kier molecular flexibility index (Phi) is 4.51. The van der Waals surface area contributed by atoms with E-state index in [-0.39, 0.29) is 11.5 Å². The Morgan fingerprint density at radius 3 is 2.71 bits per heavy atom. The van der Waals surface area contributed by atoms with Crippen molar-refractivity contribution in [1.82, 2.24) is 0 Å². The summed E-state index contributed by atoms with van der Waals surface area (Å²) in [6.45, 7) is 1.98. The molecule has 0 radical (unpaired) electrons. The van der Waals surface area contributed by atoms with Gasteiger partial charge in [-0.05, 0) is 37.8 Å². The second-order valence-corrected chi connectivity index (χ2v) is 7.52. The summed E-state index contributed by atoms with van der Waals surface area (Å²) in [7, 11) is -0.974. The monoisotopic (exact) mass is 270 g/mol. The van der Waals surface area contributed by atoms with E-state index in [2.05, 4.69) is 0 Å². The summed E-state index contributed by atoms with van der Waals surface area (Å²) >= 11 is 1.50. The van der Waals surface area contributed by atoms with E-state index in [1.165, 1.54) is 37.0 Å². The number of rotatable bonds is 5. The highest BCUT2D eigenvalue weighted by Crippen LogP contribution is 2.25. The van der Waals surface area contributed by atoms with Crippen LogP contribution < -0.4 is 0 Å². The van der Waals surface area contributed by atoms with Gasteiger partial charge in [-0.2, -0.15) is 0 Å². The Morgan fingerprint density at radius 2 is 2.12 bits per heavy atom. The Bertz CT molecular complexity index is 417. The Morgan fingerprint density at radius 1 is 1.41 bits per heavy atom. The van der Waals surface area contributed by atoms with Gasteiger partial charge in [-0.25, -0.2) is 0 Å². The van der Waals surface area contributed by atoms with Gasteiger partial charge < -0.3 is 0 Å². The predicted molar refractivity (Wildman–Crippen MR) is 73.2 cm³/mol. The van der Waals surface area contributed by atoms with E-state index in [0.29, 0.717) is 5.92 Å². The lowest BCUT2D eigenvalue weighted by molar-refractivity contribution is 0.102. The Balaban J connectivity index is 1.83. The SMILES string of the molecule is Cc1ccc(C(=O)CS(=O)CC2CCCC2)s1. The average Bonchev–Trinajstić information content (AvgIpc) is 2.89. The summed E-state index contributed by atoms with van der Waals surface area (Å²) in [5.74, 6) is 1.56. The topological polar surface area (TPSA) is 34.1 Å². The van der Waals surface area contributed by atoms with Crippen molar-refractivity contribution in [3.8, 4) is 0 Å². The van der Waals surface area contributed by atoms with Crippen LogP contribution in [-0.4, -0.2) is 21.5 Å². The first-order valence-corrected chi connectivity index (χ1v) is 8.40. The van der Waals surface area contributed by atoms with Crippen molar-refractivity contribution >= 4 is 27.9 Å². The van der Waals surface area contributed by atoms with Crippen LogP contribution in [-0.2, 0) is 10.8 Å². The molecule has 1 aromatic heterocycles. The van der Waals surface area contributed by atoms with Gasteiger partial charge in [0.2, 0.25) is 0 Å². The molecular formula is C13H18O2S2. The number of thiophene rings is 1. The van der Waals surface area contributed by atoms with E-state index in [9.17, 15) is 9.00 Å². The number of hydrogen-bond acceptors (Lipinski definition) is 3. The van der Waals surface area contributed by atoms with Crippen molar-refractivity contribution in [2.24, 2.45) is 5.92 Å². The van der Waals surface area contributed by atoms with Crippen molar-refractivity contribution in [1.29, 1.82) is 0 Å². The molecule has 0 aliphatic heterocycles. The fraction of sp³-hybridized carbons (Fsp3) is 0.615. The first-order valence-electron chi connectivity index (χ1n) is 6.10. The minimum atomic E-state index is -0.974. The van der Waals surface area contributed by atoms with E-state index < -0.39 is 10.8 Å². The maximum Gasteiger partial charge on any atom is 0.185 e. The molecule has 17 heavy (non-hydrogen) atoms. The number of ketones is 1. The van der Waals surface area contributed by atoms with Gasteiger partial charge in [0.15, 0.2) is 5.78 Å². The lowest BCUT2D eigenvalue weighted by atomic mass is 10.1. The molecule has 1 fully saturated rings. The minimum Gasteiger partial charge on any atom is -0.292 e. The van der Waals surface area contributed by atoms with Gasteiger partial charge in [-0.3, -0.25) is 9.00 Å². The molecule has 2 nitrogen and oxygen atoms in total. The van der Waals surface area contributed by atoms with Crippen molar-refractivity contribution in [2.75, 3.05) is 11.5 Å².